The predicted octanol–water partition coefficient (Wildman–Crippen LogP) is -2.67. The van der Waals surface area contributed by atoms with E-state index in [-0.39, 0.29) is 13.0 Å². The van der Waals surface area contributed by atoms with Crippen LogP contribution in [0.3, 0.4) is 0 Å². The summed E-state index contributed by atoms with van der Waals surface area (Å²) in [6, 6.07) is -1.07. The second-order valence-corrected chi connectivity index (χ2v) is 4.02. The highest BCUT2D eigenvalue weighted by Crippen LogP contribution is 2.20. The van der Waals surface area contributed by atoms with E-state index in [1.54, 1.807) is 0 Å². The van der Waals surface area contributed by atoms with Gasteiger partial charge in [-0.2, -0.15) is 0 Å². The lowest BCUT2D eigenvalue weighted by Crippen LogP contribution is -2.62. The van der Waals surface area contributed by atoms with Gasteiger partial charge in [-0.05, 0) is 0 Å². The molecule has 0 amide bonds. The number of esters is 1. The Morgan fingerprint density at radius 2 is 2.06 bits per heavy atom. The maximum Gasteiger partial charge on any atom is 0.310 e. The van der Waals surface area contributed by atoms with Crippen LogP contribution in [0.25, 0.3) is 0 Å². The summed E-state index contributed by atoms with van der Waals surface area (Å²) in [5.41, 5.74) is 5.58. The van der Waals surface area contributed by atoms with Gasteiger partial charge in [0.05, 0.1) is 25.7 Å². The third-order valence-corrected chi connectivity index (χ3v) is 2.69. The highest BCUT2D eigenvalue weighted by Gasteiger charge is 2.44. The minimum absolute atomic E-state index is 0.0194. The molecule has 1 aliphatic heterocycles. The monoisotopic (exact) mass is 265 g/mol. The normalized spacial score (nSPS) is 36.4. The first-order valence-electron chi connectivity index (χ1n) is 5.57. The highest BCUT2D eigenvalue weighted by atomic mass is 16.7. The summed E-state index contributed by atoms with van der Waals surface area (Å²) in [5, 5.41) is 28.1. The molecule has 0 aromatic carbocycles. The van der Waals surface area contributed by atoms with E-state index >= 15 is 0 Å². The maximum atomic E-state index is 11.4. The van der Waals surface area contributed by atoms with Gasteiger partial charge in [0.25, 0.3) is 0 Å². The van der Waals surface area contributed by atoms with Crippen LogP contribution in [0.5, 0.6) is 0 Å². The van der Waals surface area contributed by atoms with Gasteiger partial charge < -0.3 is 35.3 Å². The van der Waals surface area contributed by atoms with E-state index in [9.17, 15) is 15.0 Å². The van der Waals surface area contributed by atoms with Crippen molar-refractivity contribution < 1.29 is 34.3 Å². The van der Waals surface area contributed by atoms with E-state index in [4.69, 9.17) is 25.1 Å². The number of carbonyl (C=O) groups is 1. The number of nitrogens with two attached hydrogens (primary N) is 1. The molecule has 0 aliphatic carbocycles. The van der Waals surface area contributed by atoms with E-state index < -0.39 is 43.2 Å². The zero-order valence-corrected chi connectivity index (χ0v) is 10.1. The van der Waals surface area contributed by atoms with Crippen molar-refractivity contribution in [1.82, 2.24) is 0 Å². The first-order valence-corrected chi connectivity index (χ1v) is 5.57. The molecule has 1 rings (SSSR count). The Morgan fingerprint density at radius 3 is 2.61 bits per heavy atom. The number of carbonyl (C=O) groups excluding carboxylic acids is 1. The van der Waals surface area contributed by atoms with Crippen molar-refractivity contribution in [2.75, 3.05) is 20.3 Å². The summed E-state index contributed by atoms with van der Waals surface area (Å²) in [6.45, 7) is -0.327. The molecule has 0 aromatic heterocycles. The first kappa shape index (κ1) is 15.3. The molecule has 106 valence electrons. The van der Waals surface area contributed by atoms with Crippen LogP contribution >= 0.6 is 0 Å². The van der Waals surface area contributed by atoms with Crippen molar-refractivity contribution in [2.45, 2.75) is 37.1 Å². The van der Waals surface area contributed by atoms with Crippen molar-refractivity contribution >= 4 is 5.97 Å². The fourth-order valence-corrected chi connectivity index (χ4v) is 1.58. The van der Waals surface area contributed by atoms with Gasteiger partial charge in [0.2, 0.25) is 6.29 Å². The molecule has 8 nitrogen and oxygen atoms in total. The third kappa shape index (κ3) is 3.61. The second-order valence-electron chi connectivity index (χ2n) is 4.02. The number of hydrogen-bond acceptors (Lipinski definition) is 8. The molecule has 5 atom stereocenters. The van der Waals surface area contributed by atoms with E-state index in [0.717, 1.165) is 0 Å². The van der Waals surface area contributed by atoms with Crippen molar-refractivity contribution in [1.29, 1.82) is 0 Å². The van der Waals surface area contributed by atoms with Gasteiger partial charge in [-0.15, -0.1) is 0 Å². The molecule has 5 N–H and O–H groups in total. The van der Waals surface area contributed by atoms with E-state index in [1.165, 1.54) is 7.11 Å². The molecular weight excluding hydrogens is 246 g/mol. The molecule has 0 spiro atoms. The molecule has 0 saturated carbocycles. The van der Waals surface area contributed by atoms with Gasteiger partial charge in [0.15, 0.2) is 0 Å². The number of aliphatic hydroxyl groups is 3. The summed E-state index contributed by atoms with van der Waals surface area (Å²) in [7, 11) is 1.44. The van der Waals surface area contributed by atoms with Crippen LogP contribution < -0.4 is 5.73 Å². The lowest BCUT2D eigenvalue weighted by atomic mass is 9.98. The van der Waals surface area contributed by atoms with Crippen LogP contribution in [0.2, 0.25) is 0 Å². The third-order valence-electron chi connectivity index (χ3n) is 2.69. The molecular formula is C10H19NO7. The molecule has 8 heteroatoms. The minimum atomic E-state index is -1.34. The van der Waals surface area contributed by atoms with Crippen LogP contribution in [0, 0.1) is 0 Å². The van der Waals surface area contributed by atoms with Crippen LogP contribution in [0.4, 0.5) is 0 Å². The second kappa shape index (κ2) is 6.98. The largest absolute Gasteiger partial charge is 0.434 e. The molecule has 0 bridgehead atoms. The van der Waals surface area contributed by atoms with Crippen molar-refractivity contribution in [3.05, 3.63) is 0 Å². The maximum absolute atomic E-state index is 11.4. The Bertz CT molecular complexity index is 273. The molecule has 18 heavy (non-hydrogen) atoms. The van der Waals surface area contributed by atoms with Crippen molar-refractivity contribution in [2.24, 2.45) is 5.73 Å². The number of methoxy groups -OCH3 is 1. The van der Waals surface area contributed by atoms with Gasteiger partial charge in [0, 0.05) is 7.11 Å². The molecule has 1 unspecified atom stereocenters. The number of rotatable bonds is 5. The lowest BCUT2D eigenvalue weighted by molar-refractivity contribution is -0.259. The SMILES string of the molecule is COCCC(=O)OC1O[C@H](CO)[C@@H](O)[C@H](O)[C@H]1N. The van der Waals surface area contributed by atoms with Crippen molar-refractivity contribution in [3.63, 3.8) is 0 Å². The Balaban J connectivity index is 2.56. The number of aliphatic hydroxyl groups excluding tert-OH is 3. The van der Waals surface area contributed by atoms with Crippen molar-refractivity contribution in [3.8, 4) is 0 Å². The Labute approximate surface area is 104 Å². The Kier molecular flexibility index (Phi) is 5.93. The topological polar surface area (TPSA) is 131 Å². The molecule has 1 aliphatic rings. The van der Waals surface area contributed by atoms with Gasteiger partial charge in [0.1, 0.15) is 18.3 Å². The van der Waals surface area contributed by atoms with Gasteiger partial charge in [-0.3, -0.25) is 4.79 Å². The molecule has 1 saturated heterocycles. The average molecular weight is 265 g/mol. The summed E-state index contributed by atoms with van der Waals surface area (Å²) >= 11 is 0. The summed E-state index contributed by atoms with van der Waals surface area (Å²) in [4.78, 5) is 11.4. The minimum Gasteiger partial charge on any atom is -0.434 e. The van der Waals surface area contributed by atoms with Gasteiger partial charge in [-0.1, -0.05) is 0 Å². The number of ether oxygens (including phenoxy) is 3. The smallest absolute Gasteiger partial charge is 0.310 e. The summed E-state index contributed by atoms with van der Waals surface area (Å²) < 4.78 is 14.7. The average Bonchev–Trinajstić information content (AvgIpc) is 2.37. The highest BCUT2D eigenvalue weighted by molar-refractivity contribution is 5.69. The quantitative estimate of drug-likeness (QED) is 0.396. The van der Waals surface area contributed by atoms with Gasteiger partial charge in [-0.25, -0.2) is 0 Å². The molecule has 0 radical (unpaired) electrons. The fourth-order valence-electron chi connectivity index (χ4n) is 1.58. The Morgan fingerprint density at radius 1 is 1.39 bits per heavy atom. The van der Waals surface area contributed by atoms with Crippen LogP contribution in [0.1, 0.15) is 6.42 Å². The van der Waals surface area contributed by atoms with Crippen LogP contribution in [-0.2, 0) is 19.0 Å². The summed E-state index contributed by atoms with van der Waals surface area (Å²) in [5.74, 6) is -0.599. The van der Waals surface area contributed by atoms with Gasteiger partial charge >= 0.3 is 5.97 Å². The Hall–Kier alpha value is -0.770. The fraction of sp³-hybridized carbons (Fsp3) is 0.900. The van der Waals surface area contributed by atoms with E-state index in [2.05, 4.69) is 0 Å². The zero-order chi connectivity index (χ0) is 13.7. The molecule has 1 fully saturated rings. The molecule has 1 heterocycles. The standard InChI is InChI=1S/C10H19NO7/c1-16-3-2-6(13)18-10-7(11)9(15)8(14)5(4-12)17-10/h5,7-10,12,14-15H,2-4,11H2,1H3/t5-,7-,8-,9-,10?/m1/s1. The zero-order valence-electron chi connectivity index (χ0n) is 10.1. The predicted molar refractivity (Wildman–Crippen MR) is 58.3 cm³/mol. The van der Waals surface area contributed by atoms with E-state index in [1.807, 2.05) is 0 Å². The number of hydrogen-bond donors (Lipinski definition) is 4. The van der Waals surface area contributed by atoms with Crippen LogP contribution in [-0.4, -0.2) is 72.3 Å². The lowest BCUT2D eigenvalue weighted by Gasteiger charge is -2.39. The molecule has 0 aromatic rings. The van der Waals surface area contributed by atoms with E-state index in [0.29, 0.717) is 0 Å². The summed E-state index contributed by atoms with van der Waals surface area (Å²) in [6.07, 6.45) is -4.88. The van der Waals surface area contributed by atoms with Crippen LogP contribution in [0.15, 0.2) is 0 Å². The first-order chi connectivity index (χ1) is 8.51.